The number of hydrogen-bond donors (Lipinski definition) is 1. The maximum atomic E-state index is 13.9. The number of halogens is 3. The molecule has 0 fully saturated rings. The van der Waals surface area contributed by atoms with Crippen LogP contribution >= 0.6 is 0 Å². The zero-order valence-corrected chi connectivity index (χ0v) is 17.4. The summed E-state index contributed by atoms with van der Waals surface area (Å²) in [6.45, 7) is 0. The van der Waals surface area contributed by atoms with Crippen molar-refractivity contribution >= 4 is 17.1 Å². The Hall–Kier alpha value is -4.46. The molecule has 168 valence electrons. The fourth-order valence-corrected chi connectivity index (χ4v) is 3.70. The summed E-state index contributed by atoms with van der Waals surface area (Å²) >= 11 is 0. The van der Waals surface area contributed by atoms with Gasteiger partial charge in [-0.25, -0.2) is 14.8 Å². The first kappa shape index (κ1) is 21.4. The van der Waals surface area contributed by atoms with E-state index in [9.17, 15) is 18.0 Å². The second-order valence-corrected chi connectivity index (χ2v) is 7.56. The number of aromatic carboxylic acids is 1. The molecule has 2 aromatic heterocycles. The van der Waals surface area contributed by atoms with Gasteiger partial charge in [0, 0.05) is 17.3 Å². The van der Waals surface area contributed by atoms with Crippen molar-refractivity contribution in [2.75, 3.05) is 0 Å². The van der Waals surface area contributed by atoms with Crippen molar-refractivity contribution in [1.29, 1.82) is 0 Å². The summed E-state index contributed by atoms with van der Waals surface area (Å²) in [7, 11) is 0. The largest absolute Gasteiger partial charge is 0.477 e. The van der Waals surface area contributed by atoms with Crippen molar-refractivity contribution in [2.24, 2.45) is 0 Å². The number of carbonyl (C=O) groups is 1. The molecule has 5 nitrogen and oxygen atoms in total. The van der Waals surface area contributed by atoms with Crippen LogP contribution in [0.25, 0.3) is 44.8 Å². The topological polar surface area (TPSA) is 76.2 Å². The van der Waals surface area contributed by atoms with E-state index in [4.69, 9.17) is 9.52 Å². The van der Waals surface area contributed by atoms with Gasteiger partial charge in [-0.1, -0.05) is 48.5 Å². The van der Waals surface area contributed by atoms with Crippen molar-refractivity contribution in [3.05, 3.63) is 96.3 Å². The summed E-state index contributed by atoms with van der Waals surface area (Å²) in [5.74, 6) is -1.06. The van der Waals surface area contributed by atoms with Crippen molar-refractivity contribution < 1.29 is 27.5 Å². The van der Waals surface area contributed by atoms with Crippen LogP contribution < -0.4 is 0 Å². The summed E-state index contributed by atoms with van der Waals surface area (Å²) in [6, 6.07) is 20.5. The van der Waals surface area contributed by atoms with E-state index >= 15 is 0 Å². The molecule has 0 saturated heterocycles. The monoisotopic (exact) mass is 460 g/mol. The number of nitrogens with zero attached hydrogens (tertiary/aromatic N) is 2. The highest BCUT2D eigenvalue weighted by Gasteiger charge is 2.34. The summed E-state index contributed by atoms with van der Waals surface area (Å²) in [6.07, 6.45) is -3.13. The van der Waals surface area contributed by atoms with Gasteiger partial charge in [0.1, 0.15) is 11.2 Å². The summed E-state index contributed by atoms with van der Waals surface area (Å²) in [5, 5.41) is 8.99. The highest BCUT2D eigenvalue weighted by molar-refractivity contribution is 5.86. The second kappa shape index (κ2) is 8.15. The van der Waals surface area contributed by atoms with Crippen LogP contribution in [0.2, 0.25) is 0 Å². The molecule has 3 aromatic carbocycles. The number of carboxylic acid groups (broad SMARTS) is 1. The van der Waals surface area contributed by atoms with Crippen LogP contribution in [-0.2, 0) is 6.18 Å². The van der Waals surface area contributed by atoms with Crippen molar-refractivity contribution in [1.82, 2.24) is 9.97 Å². The predicted octanol–water partition coefficient (Wildman–Crippen LogP) is 6.94. The van der Waals surface area contributed by atoms with E-state index in [1.807, 2.05) is 0 Å². The maximum absolute atomic E-state index is 13.9. The Labute approximate surface area is 191 Å². The molecule has 5 rings (SSSR count). The SMILES string of the molecule is O=C(O)c1ccc(-c2ccc3nc(-c4ccc(-c5ccccc5)c(C(F)(F)F)c4)oc3c2)cn1. The number of pyridine rings is 1. The number of aromatic nitrogens is 2. The minimum absolute atomic E-state index is 0.0663. The van der Waals surface area contributed by atoms with Crippen LogP contribution in [0, 0.1) is 0 Å². The Kier molecular flexibility index (Phi) is 5.13. The standard InChI is InChI=1S/C26H15F3N2O3/c27-26(28,29)20-12-17(6-9-19(20)15-4-2-1-3-5-15)24-31-21-10-7-16(13-23(21)34-24)18-8-11-22(25(32)33)30-14-18/h1-14H,(H,32,33). The smallest absolute Gasteiger partial charge is 0.417 e. The number of oxazole rings is 1. The van der Waals surface area contributed by atoms with Crippen LogP contribution in [-0.4, -0.2) is 21.0 Å². The van der Waals surface area contributed by atoms with E-state index in [1.54, 1.807) is 60.7 Å². The fourth-order valence-electron chi connectivity index (χ4n) is 3.70. The minimum atomic E-state index is -4.56. The Balaban J connectivity index is 1.55. The zero-order chi connectivity index (χ0) is 23.9. The molecular weight excluding hydrogens is 445 g/mol. The molecule has 0 bridgehead atoms. The van der Waals surface area contributed by atoms with Gasteiger partial charge in [0.05, 0.1) is 5.56 Å². The van der Waals surface area contributed by atoms with Gasteiger partial charge in [-0.15, -0.1) is 0 Å². The first-order chi connectivity index (χ1) is 16.3. The molecule has 0 radical (unpaired) electrons. The molecule has 2 heterocycles. The van der Waals surface area contributed by atoms with Gasteiger partial charge in [-0.05, 0) is 47.0 Å². The Morgan fingerprint density at radius 3 is 2.24 bits per heavy atom. The normalized spacial score (nSPS) is 11.6. The van der Waals surface area contributed by atoms with Gasteiger partial charge in [-0.2, -0.15) is 13.2 Å². The number of rotatable bonds is 4. The molecule has 0 saturated carbocycles. The molecule has 34 heavy (non-hydrogen) atoms. The average Bonchev–Trinajstić information content (AvgIpc) is 3.27. The lowest BCUT2D eigenvalue weighted by molar-refractivity contribution is -0.137. The van der Waals surface area contributed by atoms with Gasteiger partial charge in [0.2, 0.25) is 5.89 Å². The van der Waals surface area contributed by atoms with Gasteiger partial charge < -0.3 is 9.52 Å². The Morgan fingerprint density at radius 1 is 0.824 bits per heavy atom. The third kappa shape index (κ3) is 4.01. The summed E-state index contributed by atoms with van der Waals surface area (Å²) < 4.78 is 47.4. The second-order valence-electron chi connectivity index (χ2n) is 7.56. The summed E-state index contributed by atoms with van der Waals surface area (Å²) in [5.41, 5.74) is 2.13. The van der Waals surface area contributed by atoms with Crippen molar-refractivity contribution in [3.8, 4) is 33.7 Å². The van der Waals surface area contributed by atoms with E-state index in [0.717, 1.165) is 6.07 Å². The van der Waals surface area contributed by atoms with Crippen LogP contribution in [0.4, 0.5) is 13.2 Å². The lowest BCUT2D eigenvalue weighted by Crippen LogP contribution is -2.07. The predicted molar refractivity (Wildman–Crippen MR) is 120 cm³/mol. The number of carboxylic acids is 1. The zero-order valence-electron chi connectivity index (χ0n) is 17.4. The molecular formula is C26H15F3N2O3. The first-order valence-electron chi connectivity index (χ1n) is 10.2. The van der Waals surface area contributed by atoms with E-state index in [2.05, 4.69) is 9.97 Å². The number of benzene rings is 3. The van der Waals surface area contributed by atoms with E-state index < -0.39 is 17.7 Å². The quantitative estimate of drug-likeness (QED) is 0.314. The van der Waals surface area contributed by atoms with Crippen molar-refractivity contribution in [2.45, 2.75) is 6.18 Å². The van der Waals surface area contributed by atoms with Crippen LogP contribution in [0.1, 0.15) is 16.1 Å². The van der Waals surface area contributed by atoms with Gasteiger partial charge in [-0.3, -0.25) is 0 Å². The molecule has 0 unspecified atom stereocenters. The molecule has 0 spiro atoms. The molecule has 0 aliphatic carbocycles. The Morgan fingerprint density at radius 2 is 1.56 bits per heavy atom. The maximum Gasteiger partial charge on any atom is 0.417 e. The van der Waals surface area contributed by atoms with Gasteiger partial charge in [0.25, 0.3) is 0 Å². The molecule has 0 amide bonds. The summed E-state index contributed by atoms with van der Waals surface area (Å²) in [4.78, 5) is 19.2. The van der Waals surface area contributed by atoms with Crippen LogP contribution in [0.5, 0.6) is 0 Å². The third-order valence-corrected chi connectivity index (χ3v) is 5.36. The lowest BCUT2D eigenvalue weighted by atomic mass is 9.97. The third-order valence-electron chi connectivity index (χ3n) is 5.36. The average molecular weight is 460 g/mol. The lowest BCUT2D eigenvalue weighted by Gasteiger charge is -2.14. The number of fused-ring (bicyclic) bond motifs is 1. The number of hydrogen-bond acceptors (Lipinski definition) is 4. The fraction of sp³-hybridized carbons (Fsp3) is 0.0385. The van der Waals surface area contributed by atoms with Gasteiger partial charge >= 0.3 is 12.1 Å². The van der Waals surface area contributed by atoms with E-state index in [1.165, 1.54) is 18.3 Å². The molecule has 0 aliphatic heterocycles. The number of alkyl halides is 3. The van der Waals surface area contributed by atoms with Gasteiger partial charge in [0.15, 0.2) is 5.58 Å². The van der Waals surface area contributed by atoms with E-state index in [-0.39, 0.29) is 22.7 Å². The van der Waals surface area contributed by atoms with E-state index in [0.29, 0.717) is 27.8 Å². The molecule has 5 aromatic rings. The van der Waals surface area contributed by atoms with Crippen LogP contribution in [0.3, 0.4) is 0 Å². The highest BCUT2D eigenvalue weighted by Crippen LogP contribution is 2.40. The molecule has 1 N–H and O–H groups in total. The molecule has 8 heteroatoms. The highest BCUT2D eigenvalue weighted by atomic mass is 19.4. The first-order valence-corrected chi connectivity index (χ1v) is 10.2. The molecule has 0 atom stereocenters. The minimum Gasteiger partial charge on any atom is -0.477 e. The molecule has 0 aliphatic rings. The van der Waals surface area contributed by atoms with Crippen molar-refractivity contribution in [3.63, 3.8) is 0 Å². The Bertz CT molecular complexity index is 1510. The van der Waals surface area contributed by atoms with Crippen LogP contribution in [0.15, 0.2) is 89.5 Å².